The van der Waals surface area contributed by atoms with Crippen LogP contribution >= 0.6 is 18.9 Å². The van der Waals surface area contributed by atoms with E-state index < -0.39 is 42.7 Å². The minimum absolute atomic E-state index is 0.0313. The monoisotopic (exact) mass is 724 g/mol. The number of benzene rings is 1. The summed E-state index contributed by atoms with van der Waals surface area (Å²) >= 11 is 0.940. The van der Waals surface area contributed by atoms with Gasteiger partial charge >= 0.3 is 13.3 Å². The highest BCUT2D eigenvalue weighted by atomic mass is 32.1. The fourth-order valence-electron chi connectivity index (χ4n) is 7.06. The second-order valence-electron chi connectivity index (χ2n) is 13.3. The normalized spacial score (nSPS) is 24.4. The van der Waals surface area contributed by atoms with Gasteiger partial charge in [0.1, 0.15) is 12.1 Å². The van der Waals surface area contributed by atoms with Gasteiger partial charge in [0.05, 0.1) is 10.8 Å². The maximum absolute atomic E-state index is 14.3. The quantitative estimate of drug-likeness (QED) is 0.369. The Morgan fingerprint density at radius 1 is 0.918 bits per heavy atom. The van der Waals surface area contributed by atoms with E-state index in [-0.39, 0.29) is 59.6 Å². The van der Waals surface area contributed by atoms with E-state index in [2.05, 4.69) is 10.2 Å². The third kappa shape index (κ3) is 6.83. The van der Waals surface area contributed by atoms with Crippen LogP contribution in [0, 0.1) is 5.92 Å². The first-order valence-corrected chi connectivity index (χ1v) is 18.6. The Bertz CT molecular complexity index is 1720. The van der Waals surface area contributed by atoms with Crippen LogP contribution in [-0.2, 0) is 29.4 Å². The highest BCUT2D eigenvalue weighted by Gasteiger charge is 2.51. The van der Waals surface area contributed by atoms with Crippen LogP contribution < -0.4 is 5.32 Å². The molecule has 0 spiro atoms. The summed E-state index contributed by atoms with van der Waals surface area (Å²) in [5.74, 6) is -2.02. The molecule has 0 aliphatic carbocycles. The molecule has 4 aliphatic heterocycles. The van der Waals surface area contributed by atoms with Gasteiger partial charge in [-0.15, -0.1) is 11.3 Å². The van der Waals surface area contributed by atoms with Crippen LogP contribution in [0.3, 0.4) is 0 Å². The molecule has 18 heteroatoms. The summed E-state index contributed by atoms with van der Waals surface area (Å²) in [6, 6.07) is 1.98. The summed E-state index contributed by atoms with van der Waals surface area (Å²) in [6.07, 6.45) is 1.39. The number of amides is 5. The number of nitrogens with zero attached hydrogens (tertiary/aromatic N) is 5. The lowest BCUT2D eigenvalue weighted by atomic mass is 9.96. The number of thiophene rings is 1. The number of carbonyl (C=O) groups is 5. The molecular formula is C31H39F2N6O8PS. The molecule has 266 valence electrons. The second kappa shape index (κ2) is 13.3. The van der Waals surface area contributed by atoms with Crippen molar-refractivity contribution in [1.29, 1.82) is 0 Å². The third-order valence-corrected chi connectivity index (χ3v) is 12.1. The van der Waals surface area contributed by atoms with E-state index in [0.717, 1.165) is 36.6 Å². The predicted octanol–water partition coefficient (Wildman–Crippen LogP) is 1.07. The lowest BCUT2D eigenvalue weighted by molar-refractivity contribution is -0.156. The Morgan fingerprint density at radius 2 is 1.61 bits per heavy atom. The van der Waals surface area contributed by atoms with Gasteiger partial charge in [-0.3, -0.25) is 28.5 Å². The molecule has 0 saturated carbocycles. The zero-order chi connectivity index (χ0) is 35.4. The number of nitrogens with one attached hydrogen (secondary N) is 1. The van der Waals surface area contributed by atoms with E-state index in [1.807, 2.05) is 11.9 Å². The maximum atomic E-state index is 14.3. The Kier molecular flexibility index (Phi) is 9.61. The van der Waals surface area contributed by atoms with Gasteiger partial charge in [0.25, 0.3) is 5.91 Å². The summed E-state index contributed by atoms with van der Waals surface area (Å²) in [7, 11) is -3.80. The molecule has 1 aromatic carbocycles. The lowest BCUT2D eigenvalue weighted by Gasteiger charge is -2.45. The molecule has 1 aromatic heterocycles. The van der Waals surface area contributed by atoms with Crippen LogP contribution in [0.1, 0.15) is 41.4 Å². The second-order valence-corrected chi connectivity index (χ2v) is 16.0. The van der Waals surface area contributed by atoms with Crippen molar-refractivity contribution in [3.63, 3.8) is 0 Å². The number of hydrogen-bond acceptors (Lipinski definition) is 8. The predicted molar refractivity (Wildman–Crippen MR) is 174 cm³/mol. The van der Waals surface area contributed by atoms with E-state index in [4.69, 9.17) is 9.79 Å². The number of piperazine rings is 1. The average Bonchev–Trinajstić information content (AvgIpc) is 3.64. The SMILES string of the molecule is CC(=O)N1CC[C@H]2CC[C@@H](C(=O)N3CC(C(=O)N4CCN(C)CC4)C3)N2C(=O)[C@@H](NC(=O)c2cc3cc(C(F)(F)P(=O)(O)O)ccc3s2)C1. The summed E-state index contributed by atoms with van der Waals surface area (Å²) in [6.45, 7) is 4.96. The molecule has 0 radical (unpaired) electrons. The first-order valence-electron chi connectivity index (χ1n) is 16.2. The number of rotatable bonds is 6. The molecule has 4 fully saturated rings. The molecular weight excluding hydrogens is 685 g/mol. The lowest BCUT2D eigenvalue weighted by Crippen LogP contribution is -2.64. The van der Waals surface area contributed by atoms with Gasteiger partial charge in [-0.2, -0.15) is 8.78 Å². The van der Waals surface area contributed by atoms with E-state index >= 15 is 0 Å². The first kappa shape index (κ1) is 35.3. The van der Waals surface area contributed by atoms with E-state index in [0.29, 0.717) is 43.6 Å². The van der Waals surface area contributed by atoms with Gasteiger partial charge in [-0.05, 0) is 49.9 Å². The van der Waals surface area contributed by atoms with Crippen molar-refractivity contribution >= 4 is 58.6 Å². The van der Waals surface area contributed by atoms with E-state index in [9.17, 15) is 37.3 Å². The summed E-state index contributed by atoms with van der Waals surface area (Å²) in [5, 5.41) is 2.85. The minimum atomic E-state index is -5.80. The Morgan fingerprint density at radius 3 is 2.27 bits per heavy atom. The fourth-order valence-corrected chi connectivity index (χ4v) is 8.48. The van der Waals surface area contributed by atoms with Crippen molar-refractivity contribution in [2.75, 3.05) is 59.4 Å². The Balaban J connectivity index is 1.17. The van der Waals surface area contributed by atoms with Crippen LogP contribution in [-0.4, -0.2) is 141 Å². The summed E-state index contributed by atoms with van der Waals surface area (Å²) in [4.78, 5) is 93.8. The van der Waals surface area contributed by atoms with Crippen molar-refractivity contribution in [3.8, 4) is 0 Å². The van der Waals surface area contributed by atoms with Gasteiger partial charge in [0.15, 0.2) is 0 Å². The van der Waals surface area contributed by atoms with Crippen molar-refractivity contribution in [2.45, 2.75) is 50.0 Å². The average molecular weight is 725 g/mol. The molecule has 4 saturated heterocycles. The molecule has 14 nitrogen and oxygen atoms in total. The maximum Gasteiger partial charge on any atom is 0.399 e. The smallest absolute Gasteiger partial charge is 0.340 e. The fraction of sp³-hybridized carbons (Fsp3) is 0.581. The summed E-state index contributed by atoms with van der Waals surface area (Å²) < 4.78 is 40.4. The van der Waals surface area contributed by atoms with Crippen molar-refractivity contribution in [3.05, 3.63) is 34.7 Å². The van der Waals surface area contributed by atoms with Crippen LogP contribution in [0.15, 0.2) is 24.3 Å². The van der Waals surface area contributed by atoms with Crippen molar-refractivity contribution in [1.82, 2.24) is 29.8 Å². The molecule has 0 bridgehead atoms. The van der Waals surface area contributed by atoms with Crippen LogP contribution in [0.2, 0.25) is 0 Å². The van der Waals surface area contributed by atoms with Gasteiger partial charge in [-0.25, -0.2) is 0 Å². The Labute approximate surface area is 285 Å². The molecule has 3 atom stereocenters. The minimum Gasteiger partial charge on any atom is -0.340 e. The van der Waals surface area contributed by atoms with Crippen molar-refractivity contribution in [2.24, 2.45) is 5.92 Å². The number of halogens is 2. The molecule has 5 amide bonds. The van der Waals surface area contributed by atoms with Crippen LogP contribution in [0.5, 0.6) is 0 Å². The molecule has 3 N–H and O–H groups in total. The standard InChI is InChI=1S/C31H39F2N6O8PS/c1-18(40)37-8-7-22-4-5-24(30(44)38-15-20(16-38)28(42)36-11-9-35(2)10-12-36)39(22)29(43)23(17-37)34-27(41)26-14-19-13-21(3-6-25(19)49-26)31(32,33)48(45,46)47/h3,6,13-14,20,22-24H,4-5,7-12,15-17H2,1-2H3,(H,34,41)(H2,45,46,47)/t22-,23+,24+/m1/s1. The zero-order valence-corrected chi connectivity index (χ0v) is 28.8. The third-order valence-electron chi connectivity index (χ3n) is 10.0. The number of fused-ring (bicyclic) bond motifs is 2. The first-order chi connectivity index (χ1) is 23.0. The Hall–Kier alpha value is -3.50. The van der Waals surface area contributed by atoms with Crippen LogP contribution in [0.4, 0.5) is 8.78 Å². The number of carbonyl (C=O) groups excluding carboxylic acids is 5. The molecule has 0 unspecified atom stereocenters. The van der Waals surface area contributed by atoms with E-state index in [1.165, 1.54) is 28.9 Å². The van der Waals surface area contributed by atoms with Gasteiger partial charge in [-0.1, -0.05) is 6.07 Å². The van der Waals surface area contributed by atoms with Crippen LogP contribution in [0.25, 0.3) is 10.1 Å². The molecule has 5 heterocycles. The number of hydrogen-bond donors (Lipinski definition) is 3. The molecule has 49 heavy (non-hydrogen) atoms. The zero-order valence-electron chi connectivity index (χ0n) is 27.1. The van der Waals surface area contributed by atoms with Crippen molar-refractivity contribution < 1.29 is 47.1 Å². The van der Waals surface area contributed by atoms with Gasteiger partial charge in [0.2, 0.25) is 23.6 Å². The van der Waals surface area contributed by atoms with Gasteiger partial charge < -0.3 is 39.6 Å². The highest BCUT2D eigenvalue weighted by Crippen LogP contribution is 2.59. The molecule has 2 aromatic rings. The largest absolute Gasteiger partial charge is 0.399 e. The molecule has 4 aliphatic rings. The molecule has 6 rings (SSSR count). The summed E-state index contributed by atoms with van der Waals surface area (Å²) in [5.41, 5.74) is -5.33. The number of likely N-dealkylation sites (N-methyl/N-ethyl adjacent to an activating group) is 1. The number of alkyl halides is 2. The topological polar surface area (TPSA) is 171 Å². The van der Waals surface area contributed by atoms with Gasteiger partial charge in [0, 0.05) is 75.6 Å². The van der Waals surface area contributed by atoms with E-state index in [1.54, 1.807) is 4.90 Å². The highest BCUT2D eigenvalue weighted by molar-refractivity contribution is 7.52. The number of likely N-dealkylation sites (tertiary alicyclic amines) is 1.